The molecule has 0 saturated carbocycles. The number of nitrogens with zero attached hydrogens (tertiary/aromatic N) is 2. The largest absolute Gasteiger partial charge is 0.372 e. The molecule has 0 saturated heterocycles. The molecule has 2 aromatic rings. The van der Waals surface area contributed by atoms with Crippen molar-refractivity contribution in [3.63, 3.8) is 0 Å². The minimum Gasteiger partial charge on any atom is -0.372 e. The molecule has 0 bridgehead atoms. The third kappa shape index (κ3) is 6.50. The first-order valence-corrected chi connectivity index (χ1v) is 10.6. The number of nitrogens with one attached hydrogen (secondary N) is 1. The van der Waals surface area contributed by atoms with Gasteiger partial charge in [-0.3, -0.25) is 4.79 Å². The summed E-state index contributed by atoms with van der Waals surface area (Å²) in [6.45, 7) is 6.25. The number of hydrazone groups is 1. The number of benzene rings is 2. The molecule has 0 radical (unpaired) electrons. The summed E-state index contributed by atoms with van der Waals surface area (Å²) in [4.78, 5) is 14.1. The minimum absolute atomic E-state index is 0.0990. The van der Waals surface area contributed by atoms with Gasteiger partial charge in [0.05, 0.1) is 12.0 Å². The summed E-state index contributed by atoms with van der Waals surface area (Å²) in [7, 11) is 0. The fourth-order valence-electron chi connectivity index (χ4n) is 2.44. The Morgan fingerprint density at radius 3 is 2.50 bits per heavy atom. The maximum absolute atomic E-state index is 11.9. The van der Waals surface area contributed by atoms with Crippen molar-refractivity contribution in [1.29, 1.82) is 0 Å². The molecule has 0 aliphatic rings. The lowest BCUT2D eigenvalue weighted by atomic mass is 10.2. The fraction of sp³-hybridized carbons (Fsp3) is 0.300. The van der Waals surface area contributed by atoms with E-state index in [0.717, 1.165) is 28.9 Å². The van der Waals surface area contributed by atoms with E-state index in [1.54, 1.807) is 18.0 Å². The first kappa shape index (κ1) is 20.5. The van der Waals surface area contributed by atoms with Gasteiger partial charge in [-0.05, 0) is 43.2 Å². The number of hydrogen-bond donors (Lipinski definition) is 1. The predicted octanol–water partition coefficient (Wildman–Crippen LogP) is 4.68. The summed E-state index contributed by atoms with van der Waals surface area (Å²) in [6, 6.07) is 16.2. The van der Waals surface area contributed by atoms with Crippen molar-refractivity contribution in [3.8, 4) is 0 Å². The van der Waals surface area contributed by atoms with E-state index in [1.807, 2.05) is 30.3 Å². The highest BCUT2D eigenvalue weighted by molar-refractivity contribution is 9.10. The van der Waals surface area contributed by atoms with Gasteiger partial charge in [0.1, 0.15) is 0 Å². The van der Waals surface area contributed by atoms with Gasteiger partial charge in [-0.25, -0.2) is 5.43 Å². The van der Waals surface area contributed by atoms with Crippen LogP contribution >= 0.6 is 27.7 Å². The van der Waals surface area contributed by atoms with Crippen molar-refractivity contribution in [2.24, 2.45) is 5.10 Å². The van der Waals surface area contributed by atoms with Gasteiger partial charge in [0.15, 0.2) is 0 Å². The molecule has 0 aliphatic heterocycles. The van der Waals surface area contributed by atoms with Crippen LogP contribution in [0, 0.1) is 0 Å². The van der Waals surface area contributed by atoms with Crippen molar-refractivity contribution in [2.75, 3.05) is 23.7 Å². The molecular formula is C20H24BrN3OS. The molecule has 0 aromatic heterocycles. The Hall–Kier alpha value is -1.79. The monoisotopic (exact) mass is 433 g/mol. The normalized spacial score (nSPS) is 10.9. The van der Waals surface area contributed by atoms with Crippen molar-refractivity contribution >= 4 is 45.5 Å². The van der Waals surface area contributed by atoms with E-state index in [-0.39, 0.29) is 5.91 Å². The molecule has 0 unspecified atom stereocenters. The molecule has 6 heteroatoms. The highest BCUT2D eigenvalue weighted by Gasteiger charge is 2.03. The Balaban J connectivity index is 1.75. The van der Waals surface area contributed by atoms with Gasteiger partial charge in [-0.2, -0.15) is 5.10 Å². The molecule has 26 heavy (non-hydrogen) atoms. The quantitative estimate of drug-likeness (QED) is 0.461. The van der Waals surface area contributed by atoms with Crippen LogP contribution in [0.3, 0.4) is 0 Å². The van der Waals surface area contributed by atoms with Crippen LogP contribution in [0.15, 0.2) is 58.1 Å². The summed E-state index contributed by atoms with van der Waals surface area (Å²) >= 11 is 5.08. The lowest BCUT2D eigenvalue weighted by molar-refractivity contribution is -0.118. The molecule has 0 heterocycles. The second-order valence-electron chi connectivity index (χ2n) is 5.64. The van der Waals surface area contributed by atoms with Gasteiger partial charge in [0.2, 0.25) is 5.91 Å². The number of thioether (sulfide) groups is 1. The number of halogens is 1. The topological polar surface area (TPSA) is 44.7 Å². The van der Waals surface area contributed by atoms with E-state index >= 15 is 0 Å². The maximum Gasteiger partial charge on any atom is 0.250 e. The van der Waals surface area contributed by atoms with Crippen LogP contribution in [0.2, 0.25) is 0 Å². The van der Waals surface area contributed by atoms with Gasteiger partial charge in [0, 0.05) is 29.0 Å². The lowest BCUT2D eigenvalue weighted by Crippen LogP contribution is -2.21. The van der Waals surface area contributed by atoms with E-state index in [9.17, 15) is 4.79 Å². The smallest absolute Gasteiger partial charge is 0.250 e. The van der Waals surface area contributed by atoms with Gasteiger partial charge in [-0.15, -0.1) is 11.8 Å². The minimum atomic E-state index is -0.0990. The number of anilines is 1. The average Bonchev–Trinajstić information content (AvgIpc) is 2.65. The van der Waals surface area contributed by atoms with E-state index in [4.69, 9.17) is 0 Å². The second-order valence-corrected chi connectivity index (χ2v) is 7.48. The summed E-state index contributed by atoms with van der Waals surface area (Å²) < 4.78 is 1.07. The van der Waals surface area contributed by atoms with Gasteiger partial charge in [0.25, 0.3) is 0 Å². The van der Waals surface area contributed by atoms with Crippen LogP contribution in [0.1, 0.15) is 25.0 Å². The van der Waals surface area contributed by atoms with Crippen molar-refractivity contribution in [1.82, 2.24) is 5.43 Å². The molecule has 2 rings (SSSR count). The average molecular weight is 434 g/mol. The van der Waals surface area contributed by atoms with Crippen molar-refractivity contribution in [2.45, 2.75) is 19.6 Å². The molecule has 0 atom stereocenters. The van der Waals surface area contributed by atoms with Crippen LogP contribution in [-0.4, -0.2) is 31.0 Å². The van der Waals surface area contributed by atoms with Gasteiger partial charge in [-0.1, -0.05) is 46.3 Å². The van der Waals surface area contributed by atoms with E-state index in [2.05, 4.69) is 63.4 Å². The van der Waals surface area contributed by atoms with Gasteiger partial charge >= 0.3 is 0 Å². The van der Waals surface area contributed by atoms with Crippen LogP contribution in [0.5, 0.6) is 0 Å². The number of rotatable bonds is 9. The highest BCUT2D eigenvalue weighted by Crippen LogP contribution is 2.21. The lowest BCUT2D eigenvalue weighted by Gasteiger charge is -2.20. The number of carbonyl (C=O) groups is 1. The van der Waals surface area contributed by atoms with E-state index in [0.29, 0.717) is 5.75 Å². The molecule has 0 aliphatic carbocycles. The Kier molecular flexibility index (Phi) is 8.71. The summed E-state index contributed by atoms with van der Waals surface area (Å²) in [5, 5.41) is 4.04. The summed E-state index contributed by atoms with van der Waals surface area (Å²) in [5.74, 6) is 1.06. The van der Waals surface area contributed by atoms with Crippen LogP contribution in [-0.2, 0) is 10.5 Å². The van der Waals surface area contributed by atoms with Crippen molar-refractivity contribution in [3.05, 3.63) is 64.1 Å². The van der Waals surface area contributed by atoms with Gasteiger partial charge < -0.3 is 4.90 Å². The summed E-state index contributed by atoms with van der Waals surface area (Å²) in [6.07, 6.45) is 1.67. The molecule has 138 valence electrons. The highest BCUT2D eigenvalue weighted by atomic mass is 79.9. The molecule has 1 amide bonds. The third-order valence-electron chi connectivity index (χ3n) is 3.87. The van der Waals surface area contributed by atoms with E-state index in [1.165, 1.54) is 11.3 Å². The Morgan fingerprint density at radius 1 is 1.15 bits per heavy atom. The van der Waals surface area contributed by atoms with Crippen molar-refractivity contribution < 1.29 is 4.79 Å². The van der Waals surface area contributed by atoms with Crippen LogP contribution < -0.4 is 10.3 Å². The molecule has 0 fully saturated rings. The Labute approximate surface area is 168 Å². The molecule has 1 N–H and O–H groups in total. The zero-order valence-corrected chi connectivity index (χ0v) is 17.5. The third-order valence-corrected chi connectivity index (χ3v) is 5.63. The molecule has 2 aromatic carbocycles. The number of carbonyl (C=O) groups excluding carboxylic acids is 1. The molecular weight excluding hydrogens is 410 g/mol. The first-order valence-electron chi connectivity index (χ1n) is 8.62. The predicted molar refractivity (Wildman–Crippen MR) is 116 cm³/mol. The zero-order valence-electron chi connectivity index (χ0n) is 15.1. The van der Waals surface area contributed by atoms with E-state index < -0.39 is 0 Å². The first-order chi connectivity index (χ1) is 12.6. The zero-order chi connectivity index (χ0) is 18.8. The Bertz CT molecular complexity index is 730. The van der Waals surface area contributed by atoms with Crippen LogP contribution in [0.25, 0.3) is 0 Å². The second kappa shape index (κ2) is 11.0. The maximum atomic E-state index is 11.9. The number of amides is 1. The Morgan fingerprint density at radius 2 is 1.85 bits per heavy atom. The molecule has 4 nitrogen and oxygen atoms in total. The fourth-order valence-corrected chi connectivity index (χ4v) is 3.87. The SMILES string of the molecule is CCN(CC)c1ccc(/C=N/NC(=O)CSCc2ccccc2Br)cc1. The number of hydrogen-bond acceptors (Lipinski definition) is 4. The van der Waals surface area contributed by atoms with Crippen LogP contribution in [0.4, 0.5) is 5.69 Å². The molecule has 0 spiro atoms. The summed E-state index contributed by atoms with van der Waals surface area (Å²) in [5.41, 5.74) is 5.92. The standard InChI is InChI=1S/C20H24BrN3OS/c1-3-24(4-2)18-11-9-16(10-12-18)13-22-23-20(25)15-26-14-17-7-5-6-8-19(17)21/h5-13H,3-4,14-15H2,1-2H3,(H,23,25)/b22-13+.